The van der Waals surface area contributed by atoms with E-state index in [4.69, 9.17) is 0 Å². The molecule has 2 aliphatic rings. The first-order chi connectivity index (χ1) is 6.20. The predicted molar refractivity (Wildman–Crippen MR) is 56.9 cm³/mol. The molecule has 0 N–H and O–H groups in total. The van der Waals surface area contributed by atoms with Crippen LogP contribution in [-0.2, 0) is 0 Å². The first-order valence-corrected chi connectivity index (χ1v) is 4.60. The van der Waals surface area contributed by atoms with E-state index in [0.717, 1.165) is 3.58 Å². The van der Waals surface area contributed by atoms with Gasteiger partial charge in [0, 0.05) is 27.0 Å². The number of fused-ring (bicyclic) bond motifs is 1. The number of allylic oxidation sites excluding steroid dienone is 1. The Labute approximate surface area is 87.2 Å². The Morgan fingerprint density at radius 3 is 3.08 bits per heavy atom. The maximum atomic E-state index is 10.6. The summed E-state index contributed by atoms with van der Waals surface area (Å²) in [7, 11) is 0. The molecule has 1 atom stereocenters. The molecular formula is C7H4IN3O2. The zero-order chi connectivity index (χ0) is 9.42. The molecule has 0 aromatic heterocycles. The molecule has 0 fully saturated rings. The van der Waals surface area contributed by atoms with Crippen molar-refractivity contribution in [3.8, 4) is 0 Å². The predicted octanol–water partition coefficient (Wildman–Crippen LogP) is 1.33. The summed E-state index contributed by atoms with van der Waals surface area (Å²) >= 11 is 2.03. The third-order valence-electron chi connectivity index (χ3n) is 1.79. The lowest BCUT2D eigenvalue weighted by molar-refractivity contribution is -0.498. The Hall–Kier alpha value is -1.05. The summed E-state index contributed by atoms with van der Waals surface area (Å²) in [5, 5.41) is 10.6. The van der Waals surface area contributed by atoms with Gasteiger partial charge in [-0.1, -0.05) is 0 Å². The average Bonchev–Trinajstić information content (AvgIpc) is 2.48. The SMILES string of the molecule is O=[N+]([O-])[C@@H]1C=CN=C2N=CC(I)=C21. The van der Waals surface area contributed by atoms with Crippen LogP contribution in [-0.4, -0.2) is 23.0 Å². The molecule has 0 radical (unpaired) electrons. The zero-order valence-corrected chi connectivity index (χ0v) is 8.50. The standard InChI is InChI=1S/C7H4IN3O2/c8-4-3-10-7-6(4)5(11(12)13)1-2-9-7/h1-3,5H/t5-/m1/s1. The van der Waals surface area contributed by atoms with Crippen molar-refractivity contribution >= 4 is 34.6 Å². The molecule has 0 amide bonds. The highest BCUT2D eigenvalue weighted by molar-refractivity contribution is 14.1. The number of hydrogen-bond acceptors (Lipinski definition) is 4. The maximum Gasteiger partial charge on any atom is 0.262 e. The van der Waals surface area contributed by atoms with Gasteiger partial charge in [-0.05, 0) is 22.6 Å². The van der Waals surface area contributed by atoms with Gasteiger partial charge in [0.1, 0.15) is 0 Å². The Kier molecular flexibility index (Phi) is 1.98. The van der Waals surface area contributed by atoms with Crippen LogP contribution in [0.4, 0.5) is 0 Å². The molecule has 0 spiro atoms. The fraction of sp³-hybridized carbons (Fsp3) is 0.143. The number of hydrogen-bond donors (Lipinski definition) is 0. The quantitative estimate of drug-likeness (QED) is 0.415. The Bertz CT molecular complexity index is 395. The van der Waals surface area contributed by atoms with E-state index in [-0.39, 0.29) is 4.92 Å². The topological polar surface area (TPSA) is 67.9 Å². The van der Waals surface area contributed by atoms with Gasteiger partial charge in [0.25, 0.3) is 6.04 Å². The minimum atomic E-state index is -0.790. The summed E-state index contributed by atoms with van der Waals surface area (Å²) in [6.45, 7) is 0. The van der Waals surface area contributed by atoms with Crippen LogP contribution < -0.4 is 0 Å². The summed E-state index contributed by atoms with van der Waals surface area (Å²) in [6, 6.07) is -0.790. The minimum absolute atomic E-state index is 0.339. The molecule has 0 saturated heterocycles. The molecule has 0 saturated carbocycles. The van der Waals surface area contributed by atoms with Crippen LogP contribution in [0.25, 0.3) is 0 Å². The van der Waals surface area contributed by atoms with Crippen LogP contribution in [0.1, 0.15) is 0 Å². The zero-order valence-electron chi connectivity index (χ0n) is 6.35. The lowest BCUT2D eigenvalue weighted by Crippen LogP contribution is -2.25. The second-order valence-corrected chi connectivity index (χ2v) is 3.71. The number of amidine groups is 1. The molecule has 0 aromatic rings. The third-order valence-corrected chi connectivity index (χ3v) is 2.65. The normalized spacial score (nSPS) is 24.7. The molecule has 2 aliphatic heterocycles. The summed E-state index contributed by atoms with van der Waals surface area (Å²) in [5.74, 6) is 0.466. The third kappa shape index (κ3) is 1.30. The van der Waals surface area contributed by atoms with E-state index in [1.165, 1.54) is 12.3 Å². The van der Waals surface area contributed by atoms with Crippen molar-refractivity contribution in [1.29, 1.82) is 0 Å². The number of nitrogens with zero attached hydrogens (tertiary/aromatic N) is 3. The highest BCUT2D eigenvalue weighted by Gasteiger charge is 2.33. The highest BCUT2D eigenvalue weighted by Crippen LogP contribution is 2.26. The van der Waals surface area contributed by atoms with E-state index >= 15 is 0 Å². The van der Waals surface area contributed by atoms with Crippen molar-refractivity contribution in [1.82, 2.24) is 0 Å². The summed E-state index contributed by atoms with van der Waals surface area (Å²) in [6.07, 6.45) is 4.49. The van der Waals surface area contributed by atoms with Gasteiger partial charge in [-0.2, -0.15) is 0 Å². The average molecular weight is 289 g/mol. The van der Waals surface area contributed by atoms with E-state index in [1.54, 1.807) is 6.21 Å². The van der Waals surface area contributed by atoms with Gasteiger partial charge in [0.2, 0.25) is 0 Å². The monoisotopic (exact) mass is 289 g/mol. The molecule has 2 heterocycles. The fourth-order valence-corrected chi connectivity index (χ4v) is 1.91. The Morgan fingerprint density at radius 1 is 1.62 bits per heavy atom. The summed E-state index contributed by atoms with van der Waals surface area (Å²) < 4.78 is 0.794. The van der Waals surface area contributed by atoms with Crippen LogP contribution in [0.3, 0.4) is 0 Å². The Morgan fingerprint density at radius 2 is 2.38 bits per heavy atom. The molecule has 2 rings (SSSR count). The molecule has 0 aliphatic carbocycles. The van der Waals surface area contributed by atoms with Crippen LogP contribution in [0.15, 0.2) is 31.4 Å². The van der Waals surface area contributed by atoms with Crippen LogP contribution in [0.5, 0.6) is 0 Å². The van der Waals surface area contributed by atoms with E-state index in [9.17, 15) is 10.1 Å². The smallest absolute Gasteiger partial charge is 0.262 e. The molecule has 5 nitrogen and oxygen atoms in total. The van der Waals surface area contributed by atoms with Crippen LogP contribution >= 0.6 is 22.6 Å². The molecule has 0 aromatic carbocycles. The van der Waals surface area contributed by atoms with E-state index in [0.29, 0.717) is 11.4 Å². The van der Waals surface area contributed by atoms with Crippen molar-refractivity contribution in [3.63, 3.8) is 0 Å². The fourth-order valence-electron chi connectivity index (χ4n) is 1.21. The van der Waals surface area contributed by atoms with E-state index < -0.39 is 6.04 Å². The first-order valence-electron chi connectivity index (χ1n) is 3.52. The van der Waals surface area contributed by atoms with Gasteiger partial charge in [-0.3, -0.25) is 10.1 Å². The second-order valence-electron chi connectivity index (χ2n) is 2.54. The van der Waals surface area contributed by atoms with Gasteiger partial charge in [0.05, 0.1) is 5.57 Å². The Balaban J connectivity index is 2.48. The van der Waals surface area contributed by atoms with Crippen molar-refractivity contribution in [2.24, 2.45) is 9.98 Å². The summed E-state index contributed by atoms with van der Waals surface area (Å²) in [5.41, 5.74) is 0.605. The summed E-state index contributed by atoms with van der Waals surface area (Å²) in [4.78, 5) is 18.2. The minimum Gasteiger partial charge on any atom is -0.264 e. The number of aliphatic imine (C=N–C) groups is 2. The lowest BCUT2D eigenvalue weighted by atomic mass is 10.1. The van der Waals surface area contributed by atoms with Gasteiger partial charge >= 0.3 is 0 Å². The van der Waals surface area contributed by atoms with Gasteiger partial charge in [-0.15, -0.1) is 0 Å². The van der Waals surface area contributed by atoms with Gasteiger partial charge in [-0.25, -0.2) is 9.98 Å². The molecule has 0 bridgehead atoms. The largest absolute Gasteiger partial charge is 0.264 e. The lowest BCUT2D eigenvalue weighted by Gasteiger charge is -2.09. The van der Waals surface area contributed by atoms with E-state index in [1.807, 2.05) is 22.6 Å². The van der Waals surface area contributed by atoms with Crippen LogP contribution in [0.2, 0.25) is 0 Å². The van der Waals surface area contributed by atoms with Gasteiger partial charge < -0.3 is 0 Å². The number of nitro groups is 1. The molecule has 6 heteroatoms. The van der Waals surface area contributed by atoms with Crippen molar-refractivity contribution in [3.05, 3.63) is 31.5 Å². The number of rotatable bonds is 1. The molecule has 0 unspecified atom stereocenters. The molecular weight excluding hydrogens is 285 g/mol. The molecule has 66 valence electrons. The van der Waals surface area contributed by atoms with Crippen molar-refractivity contribution in [2.45, 2.75) is 6.04 Å². The second kappa shape index (κ2) is 3.02. The maximum absolute atomic E-state index is 10.6. The van der Waals surface area contributed by atoms with Gasteiger partial charge in [0.15, 0.2) is 5.84 Å². The van der Waals surface area contributed by atoms with E-state index in [2.05, 4.69) is 9.98 Å². The van der Waals surface area contributed by atoms with Crippen molar-refractivity contribution in [2.75, 3.05) is 0 Å². The first kappa shape index (κ1) is 8.54. The number of halogens is 1. The van der Waals surface area contributed by atoms with Crippen molar-refractivity contribution < 1.29 is 4.92 Å². The van der Waals surface area contributed by atoms with Crippen LogP contribution in [0, 0.1) is 10.1 Å². The molecule has 13 heavy (non-hydrogen) atoms. The highest BCUT2D eigenvalue weighted by atomic mass is 127.